The second-order valence-corrected chi connectivity index (χ2v) is 4.38. The van der Waals surface area contributed by atoms with Gasteiger partial charge in [-0.1, -0.05) is 0 Å². The van der Waals surface area contributed by atoms with Gasteiger partial charge in [-0.25, -0.2) is 13.2 Å². The highest BCUT2D eigenvalue weighted by Gasteiger charge is 2.33. The first-order valence-electron chi connectivity index (χ1n) is 5.47. The normalized spacial score (nSPS) is 22.4. The van der Waals surface area contributed by atoms with Gasteiger partial charge in [-0.3, -0.25) is 0 Å². The minimum Gasteiger partial charge on any atom is -0.372 e. The van der Waals surface area contributed by atoms with Gasteiger partial charge in [-0.05, 0) is 18.6 Å². The Kier molecular flexibility index (Phi) is 2.28. The molecule has 1 N–H and O–H groups in total. The van der Waals surface area contributed by atoms with E-state index in [1.807, 2.05) is 11.1 Å². The lowest BCUT2D eigenvalue weighted by Gasteiger charge is -2.15. The third-order valence-electron chi connectivity index (χ3n) is 3.34. The number of rotatable bonds is 1. The van der Waals surface area contributed by atoms with Crippen molar-refractivity contribution in [1.82, 2.24) is 10.2 Å². The largest absolute Gasteiger partial charge is 0.372 e. The van der Waals surface area contributed by atoms with Crippen molar-refractivity contribution in [2.45, 2.75) is 12.3 Å². The van der Waals surface area contributed by atoms with E-state index in [2.05, 4.69) is 5.32 Å². The van der Waals surface area contributed by atoms with Crippen molar-refractivity contribution in [3.8, 4) is 0 Å². The molecule has 1 saturated heterocycles. The quantitative estimate of drug-likeness (QED) is 0.758. The van der Waals surface area contributed by atoms with Gasteiger partial charge in [0, 0.05) is 29.9 Å². The van der Waals surface area contributed by atoms with Gasteiger partial charge in [-0.15, -0.1) is 0 Å². The van der Waals surface area contributed by atoms with Gasteiger partial charge in [0.05, 0.1) is 6.67 Å². The molecule has 2 aliphatic heterocycles. The van der Waals surface area contributed by atoms with Crippen LogP contribution in [0, 0.1) is 17.5 Å². The Labute approximate surface area is 96.7 Å². The molecule has 1 aromatic carbocycles. The highest BCUT2D eigenvalue weighted by Crippen LogP contribution is 2.37. The number of hydrogen-bond acceptors (Lipinski definition) is 2. The van der Waals surface area contributed by atoms with E-state index in [0.29, 0.717) is 19.6 Å². The zero-order valence-electron chi connectivity index (χ0n) is 9.01. The highest BCUT2D eigenvalue weighted by molar-refractivity contribution is 5.30. The third kappa shape index (κ3) is 1.57. The minimum atomic E-state index is -1.05. The van der Waals surface area contributed by atoms with Gasteiger partial charge in [-0.2, -0.15) is 0 Å². The van der Waals surface area contributed by atoms with Crippen molar-refractivity contribution >= 4 is 0 Å². The van der Waals surface area contributed by atoms with Crippen LogP contribution in [0.15, 0.2) is 24.0 Å². The zero-order chi connectivity index (χ0) is 12.0. The molecular formula is C12H11F3N2. The van der Waals surface area contributed by atoms with E-state index >= 15 is 0 Å². The van der Waals surface area contributed by atoms with Gasteiger partial charge < -0.3 is 10.2 Å². The summed E-state index contributed by atoms with van der Waals surface area (Å²) in [5.41, 5.74) is 0.901. The topological polar surface area (TPSA) is 15.3 Å². The lowest BCUT2D eigenvalue weighted by atomic mass is 9.96. The fourth-order valence-electron chi connectivity index (χ4n) is 2.53. The summed E-state index contributed by atoms with van der Waals surface area (Å²) in [4.78, 5) is 2.01. The van der Waals surface area contributed by atoms with Crippen molar-refractivity contribution in [2.24, 2.45) is 0 Å². The molecule has 3 rings (SSSR count). The van der Waals surface area contributed by atoms with Crippen molar-refractivity contribution in [2.75, 3.05) is 13.2 Å². The van der Waals surface area contributed by atoms with Crippen LogP contribution in [0.1, 0.15) is 17.9 Å². The van der Waals surface area contributed by atoms with E-state index in [1.165, 1.54) is 0 Å². The van der Waals surface area contributed by atoms with Crippen LogP contribution < -0.4 is 5.32 Å². The summed E-state index contributed by atoms with van der Waals surface area (Å²) in [5.74, 6) is -3.01. The number of fused-ring (bicyclic) bond motifs is 1. The van der Waals surface area contributed by atoms with Crippen LogP contribution in [0.2, 0.25) is 0 Å². The van der Waals surface area contributed by atoms with Gasteiger partial charge in [0.1, 0.15) is 5.82 Å². The average Bonchev–Trinajstić information content (AvgIpc) is 2.84. The van der Waals surface area contributed by atoms with Crippen LogP contribution in [0.3, 0.4) is 0 Å². The molecule has 5 heteroatoms. The van der Waals surface area contributed by atoms with E-state index in [0.717, 1.165) is 17.8 Å². The Morgan fingerprint density at radius 3 is 2.71 bits per heavy atom. The predicted molar refractivity (Wildman–Crippen MR) is 56.5 cm³/mol. The average molecular weight is 240 g/mol. The Hall–Kier alpha value is -1.65. The number of halogens is 3. The van der Waals surface area contributed by atoms with Gasteiger partial charge in [0.15, 0.2) is 11.6 Å². The molecule has 0 bridgehead atoms. The van der Waals surface area contributed by atoms with Crippen LogP contribution in [-0.4, -0.2) is 18.1 Å². The van der Waals surface area contributed by atoms with Gasteiger partial charge >= 0.3 is 0 Å². The number of hydrogen-bond donors (Lipinski definition) is 1. The molecule has 90 valence electrons. The number of allylic oxidation sites excluding steroid dienone is 1. The summed E-state index contributed by atoms with van der Waals surface area (Å²) < 4.78 is 40.3. The van der Waals surface area contributed by atoms with Crippen LogP contribution in [0.5, 0.6) is 0 Å². The number of nitrogens with zero attached hydrogens (tertiary/aromatic N) is 1. The summed E-state index contributed by atoms with van der Waals surface area (Å²) >= 11 is 0. The molecular weight excluding hydrogens is 229 g/mol. The van der Waals surface area contributed by atoms with Crippen LogP contribution >= 0.6 is 0 Å². The maximum Gasteiger partial charge on any atom is 0.165 e. The molecule has 0 saturated carbocycles. The maximum absolute atomic E-state index is 13.6. The second-order valence-electron chi connectivity index (χ2n) is 4.38. The standard InChI is InChI=1S/C12H11F3N2/c13-9-1-2-10(14)12(15)11(9)7-3-8-4-16-6-17(8)5-7/h1-2,4,7,16H,3,5-6H2/t7-/m1/s1. The fraction of sp³-hybridized carbons (Fsp3) is 0.333. The Bertz CT molecular complexity index is 499. The van der Waals surface area contributed by atoms with E-state index < -0.39 is 17.5 Å². The molecule has 0 amide bonds. The molecule has 2 heterocycles. The van der Waals surface area contributed by atoms with E-state index in [1.54, 1.807) is 0 Å². The molecule has 0 aromatic heterocycles. The van der Waals surface area contributed by atoms with E-state index in [4.69, 9.17) is 0 Å². The first kappa shape index (κ1) is 10.5. The number of nitrogens with one attached hydrogen (secondary N) is 1. The maximum atomic E-state index is 13.6. The smallest absolute Gasteiger partial charge is 0.165 e. The Balaban J connectivity index is 1.98. The van der Waals surface area contributed by atoms with Crippen molar-refractivity contribution < 1.29 is 13.2 Å². The molecule has 0 unspecified atom stereocenters. The lowest BCUT2D eigenvalue weighted by Crippen LogP contribution is -2.22. The van der Waals surface area contributed by atoms with E-state index in [9.17, 15) is 13.2 Å². The summed E-state index contributed by atoms with van der Waals surface area (Å²) in [6, 6.07) is 1.81. The molecule has 0 spiro atoms. The molecule has 0 aliphatic carbocycles. The summed E-state index contributed by atoms with van der Waals surface area (Å²) in [5, 5.41) is 3.04. The van der Waals surface area contributed by atoms with Crippen molar-refractivity contribution in [3.63, 3.8) is 0 Å². The van der Waals surface area contributed by atoms with Gasteiger partial charge in [0.25, 0.3) is 0 Å². The monoisotopic (exact) mass is 240 g/mol. The Morgan fingerprint density at radius 2 is 1.94 bits per heavy atom. The summed E-state index contributed by atoms with van der Waals surface area (Å²) in [7, 11) is 0. The van der Waals surface area contributed by atoms with Crippen LogP contribution in [0.4, 0.5) is 13.2 Å². The first-order chi connectivity index (χ1) is 8.16. The molecule has 1 fully saturated rings. The first-order valence-corrected chi connectivity index (χ1v) is 5.47. The predicted octanol–water partition coefficient (Wildman–Crippen LogP) is 2.30. The van der Waals surface area contributed by atoms with Gasteiger partial charge in [0.2, 0.25) is 0 Å². The van der Waals surface area contributed by atoms with Crippen LogP contribution in [0.25, 0.3) is 0 Å². The van der Waals surface area contributed by atoms with Crippen molar-refractivity contribution in [3.05, 3.63) is 47.0 Å². The molecule has 1 aromatic rings. The van der Waals surface area contributed by atoms with E-state index in [-0.39, 0.29) is 11.5 Å². The minimum absolute atomic E-state index is 0.125. The lowest BCUT2D eigenvalue weighted by molar-refractivity contribution is 0.390. The fourth-order valence-corrected chi connectivity index (χ4v) is 2.53. The molecule has 2 nitrogen and oxygen atoms in total. The Morgan fingerprint density at radius 1 is 1.18 bits per heavy atom. The molecule has 0 radical (unpaired) electrons. The summed E-state index contributed by atoms with van der Waals surface area (Å²) in [6.45, 7) is 1.18. The van der Waals surface area contributed by atoms with Crippen LogP contribution in [-0.2, 0) is 0 Å². The second kappa shape index (κ2) is 3.68. The van der Waals surface area contributed by atoms with Crippen molar-refractivity contribution in [1.29, 1.82) is 0 Å². The SMILES string of the molecule is Fc1ccc(F)c([C@@H]2CC3=CNCN3C2)c1F. The molecule has 2 aliphatic rings. The number of benzene rings is 1. The molecule has 17 heavy (non-hydrogen) atoms. The summed E-state index contributed by atoms with van der Waals surface area (Å²) in [6.07, 6.45) is 2.39. The third-order valence-corrected chi connectivity index (χ3v) is 3.34. The highest BCUT2D eigenvalue weighted by atomic mass is 19.2. The zero-order valence-corrected chi connectivity index (χ0v) is 9.01. The molecule has 1 atom stereocenters.